The Balaban J connectivity index is 2.63. The minimum absolute atomic E-state index is 0.0148. The van der Waals surface area contributed by atoms with Gasteiger partial charge in [-0.25, -0.2) is 9.79 Å². The number of amides is 2. The molecule has 0 saturated carbocycles. The fourth-order valence-corrected chi connectivity index (χ4v) is 1.93. The van der Waals surface area contributed by atoms with Crippen molar-refractivity contribution >= 4 is 29.4 Å². The lowest BCUT2D eigenvalue weighted by Gasteiger charge is -2.15. The summed E-state index contributed by atoms with van der Waals surface area (Å²) in [5, 5.41) is 4.85. The van der Waals surface area contributed by atoms with Crippen molar-refractivity contribution in [1.29, 1.82) is 0 Å². The van der Waals surface area contributed by atoms with E-state index in [2.05, 4.69) is 21.5 Å². The minimum atomic E-state index is -0.963. The second-order valence-electron chi connectivity index (χ2n) is 5.05. The highest BCUT2D eigenvalue weighted by molar-refractivity contribution is 5.97. The average molecular weight is 359 g/mol. The van der Waals surface area contributed by atoms with Crippen molar-refractivity contribution in [2.75, 3.05) is 13.2 Å². The minimum Gasteiger partial charge on any atom is -0.464 e. The number of nitrogens with zero attached hydrogens (tertiary/aromatic N) is 1. The first-order chi connectivity index (χ1) is 12.4. The first-order valence-corrected chi connectivity index (χ1v) is 7.74. The van der Waals surface area contributed by atoms with Crippen molar-refractivity contribution < 1.29 is 19.1 Å². The van der Waals surface area contributed by atoms with Gasteiger partial charge in [-0.3, -0.25) is 9.59 Å². The number of terminal acetylenes is 1. The van der Waals surface area contributed by atoms with Crippen LogP contribution in [0.1, 0.15) is 23.7 Å². The SMILES string of the molecule is C#CCC(NC(=O)CNC(=O)c1cccc(N=C(N)N)c1)C(=O)OCC. The van der Waals surface area contributed by atoms with Gasteiger partial charge in [0.05, 0.1) is 18.8 Å². The molecule has 0 aliphatic rings. The summed E-state index contributed by atoms with van der Waals surface area (Å²) >= 11 is 0. The van der Waals surface area contributed by atoms with Gasteiger partial charge >= 0.3 is 5.97 Å². The van der Waals surface area contributed by atoms with E-state index in [0.717, 1.165) is 0 Å². The van der Waals surface area contributed by atoms with Crippen LogP contribution in [0, 0.1) is 12.3 Å². The Morgan fingerprint density at radius 1 is 1.35 bits per heavy atom. The van der Waals surface area contributed by atoms with Gasteiger partial charge < -0.3 is 26.8 Å². The predicted molar refractivity (Wildman–Crippen MR) is 96.3 cm³/mol. The number of rotatable bonds is 8. The molecule has 0 spiro atoms. The van der Waals surface area contributed by atoms with Crippen molar-refractivity contribution in [1.82, 2.24) is 10.6 Å². The van der Waals surface area contributed by atoms with Gasteiger partial charge in [-0.2, -0.15) is 0 Å². The number of benzene rings is 1. The van der Waals surface area contributed by atoms with Crippen LogP contribution in [0.4, 0.5) is 5.69 Å². The molecule has 9 nitrogen and oxygen atoms in total. The van der Waals surface area contributed by atoms with Crippen LogP contribution >= 0.6 is 0 Å². The largest absolute Gasteiger partial charge is 0.464 e. The molecule has 0 aromatic heterocycles. The summed E-state index contributed by atoms with van der Waals surface area (Å²) < 4.78 is 4.83. The highest BCUT2D eigenvalue weighted by Crippen LogP contribution is 2.13. The number of esters is 1. The third-order valence-corrected chi connectivity index (χ3v) is 3.00. The zero-order chi connectivity index (χ0) is 19.5. The van der Waals surface area contributed by atoms with Crippen molar-refractivity contribution in [3.63, 3.8) is 0 Å². The van der Waals surface area contributed by atoms with Crippen LogP contribution < -0.4 is 22.1 Å². The normalized spacial score (nSPS) is 10.8. The number of carbonyl (C=O) groups excluding carboxylic acids is 3. The van der Waals surface area contributed by atoms with Gasteiger partial charge in [0.1, 0.15) is 6.04 Å². The Morgan fingerprint density at radius 2 is 2.08 bits per heavy atom. The molecule has 0 aliphatic carbocycles. The summed E-state index contributed by atoms with van der Waals surface area (Å²) in [6.07, 6.45) is 5.16. The summed E-state index contributed by atoms with van der Waals surface area (Å²) in [7, 11) is 0. The molecule has 0 aliphatic heterocycles. The molecule has 0 radical (unpaired) electrons. The number of hydrogen-bond donors (Lipinski definition) is 4. The van der Waals surface area contributed by atoms with Gasteiger partial charge in [0.25, 0.3) is 5.91 Å². The number of nitrogens with two attached hydrogens (primary N) is 2. The monoisotopic (exact) mass is 359 g/mol. The van der Waals surface area contributed by atoms with Crippen LogP contribution in [0.2, 0.25) is 0 Å². The molecule has 0 fully saturated rings. The molecule has 9 heteroatoms. The summed E-state index contributed by atoms with van der Waals surface area (Å²) in [6.45, 7) is 1.47. The lowest BCUT2D eigenvalue weighted by atomic mass is 10.2. The van der Waals surface area contributed by atoms with Gasteiger partial charge in [-0.15, -0.1) is 12.3 Å². The van der Waals surface area contributed by atoms with Crippen LogP contribution in [-0.4, -0.2) is 42.9 Å². The molecule has 2 amide bonds. The smallest absolute Gasteiger partial charge is 0.329 e. The highest BCUT2D eigenvalue weighted by Gasteiger charge is 2.21. The molecule has 138 valence electrons. The molecule has 0 saturated heterocycles. The van der Waals surface area contributed by atoms with E-state index in [1.165, 1.54) is 6.07 Å². The number of hydrogen-bond acceptors (Lipinski definition) is 5. The standard InChI is InChI=1S/C17H21N5O4/c1-3-6-13(16(25)26-4-2)22-14(23)10-20-15(24)11-7-5-8-12(9-11)21-17(18)19/h1,5,7-9,13H,4,6,10H2,2H3,(H,20,24)(H,22,23)(H4,18,19,21). The maximum atomic E-state index is 12.1. The molecular weight excluding hydrogens is 338 g/mol. The van der Waals surface area contributed by atoms with Crippen LogP contribution in [0.25, 0.3) is 0 Å². The molecule has 0 heterocycles. The third-order valence-electron chi connectivity index (χ3n) is 3.00. The van der Waals surface area contributed by atoms with E-state index < -0.39 is 23.8 Å². The maximum Gasteiger partial charge on any atom is 0.329 e. The second-order valence-corrected chi connectivity index (χ2v) is 5.05. The molecule has 26 heavy (non-hydrogen) atoms. The fourth-order valence-electron chi connectivity index (χ4n) is 1.93. The molecule has 1 atom stereocenters. The van der Waals surface area contributed by atoms with Crippen LogP contribution in [-0.2, 0) is 14.3 Å². The van der Waals surface area contributed by atoms with Crippen LogP contribution in [0.15, 0.2) is 29.3 Å². The number of nitrogens with one attached hydrogen (secondary N) is 2. The number of ether oxygens (including phenoxy) is 1. The first kappa shape index (κ1) is 20.5. The zero-order valence-electron chi connectivity index (χ0n) is 14.3. The summed E-state index contributed by atoms with van der Waals surface area (Å²) in [5.41, 5.74) is 11.2. The van der Waals surface area contributed by atoms with Crippen molar-refractivity contribution in [2.45, 2.75) is 19.4 Å². The van der Waals surface area contributed by atoms with Crippen LogP contribution in [0.3, 0.4) is 0 Å². The quantitative estimate of drug-likeness (QED) is 0.211. The first-order valence-electron chi connectivity index (χ1n) is 7.74. The Hall–Kier alpha value is -3.54. The molecule has 0 bridgehead atoms. The predicted octanol–water partition coefficient (Wildman–Crippen LogP) is -0.607. The van der Waals surface area contributed by atoms with E-state index in [1.54, 1.807) is 25.1 Å². The van der Waals surface area contributed by atoms with Gasteiger partial charge in [-0.1, -0.05) is 6.07 Å². The molecule has 1 unspecified atom stereocenters. The Morgan fingerprint density at radius 3 is 2.69 bits per heavy atom. The van der Waals surface area contributed by atoms with Gasteiger partial charge in [0.2, 0.25) is 5.91 Å². The van der Waals surface area contributed by atoms with E-state index in [9.17, 15) is 14.4 Å². The second kappa shape index (κ2) is 10.4. The van der Waals surface area contributed by atoms with Gasteiger partial charge in [0.15, 0.2) is 5.96 Å². The zero-order valence-corrected chi connectivity index (χ0v) is 14.3. The third kappa shape index (κ3) is 6.92. The van der Waals surface area contributed by atoms with E-state index in [-0.39, 0.29) is 31.1 Å². The Kier molecular flexibility index (Phi) is 8.16. The Bertz CT molecular complexity index is 735. The molecule has 1 aromatic rings. The van der Waals surface area contributed by atoms with Crippen molar-refractivity contribution in [3.05, 3.63) is 29.8 Å². The molecule has 1 aromatic carbocycles. The van der Waals surface area contributed by atoms with Crippen molar-refractivity contribution in [2.24, 2.45) is 16.5 Å². The maximum absolute atomic E-state index is 12.1. The highest BCUT2D eigenvalue weighted by atomic mass is 16.5. The summed E-state index contributed by atoms with van der Waals surface area (Å²) in [4.78, 5) is 39.6. The molecule has 1 rings (SSSR count). The van der Waals surface area contributed by atoms with Gasteiger partial charge in [-0.05, 0) is 25.1 Å². The van der Waals surface area contributed by atoms with E-state index in [0.29, 0.717) is 5.69 Å². The fraction of sp³-hybridized carbons (Fsp3) is 0.294. The van der Waals surface area contributed by atoms with Crippen molar-refractivity contribution in [3.8, 4) is 12.3 Å². The lowest BCUT2D eigenvalue weighted by molar-refractivity contribution is -0.147. The lowest BCUT2D eigenvalue weighted by Crippen LogP contribution is -2.46. The number of aliphatic imine (C=N–C) groups is 1. The van der Waals surface area contributed by atoms with E-state index in [4.69, 9.17) is 22.6 Å². The van der Waals surface area contributed by atoms with Crippen LogP contribution in [0.5, 0.6) is 0 Å². The molecular formula is C17H21N5O4. The average Bonchev–Trinajstić information content (AvgIpc) is 2.59. The Labute approximate surface area is 151 Å². The molecule has 6 N–H and O–H groups in total. The summed E-state index contributed by atoms with van der Waals surface area (Å²) in [6, 6.07) is 5.26. The number of carbonyl (C=O) groups is 3. The van der Waals surface area contributed by atoms with E-state index >= 15 is 0 Å². The number of guanidine groups is 1. The summed E-state index contributed by atoms with van der Waals surface area (Å²) in [5.74, 6) is 0.442. The topological polar surface area (TPSA) is 149 Å². The van der Waals surface area contributed by atoms with E-state index in [1.807, 2.05) is 0 Å². The van der Waals surface area contributed by atoms with Gasteiger partial charge in [0, 0.05) is 12.0 Å².